The third kappa shape index (κ3) is 3.19. The Morgan fingerprint density at radius 1 is 1.50 bits per heavy atom. The molecule has 0 saturated carbocycles. The molecule has 2 heteroatoms. The molecule has 0 aromatic carbocycles. The molecule has 0 spiro atoms. The van der Waals surface area contributed by atoms with E-state index < -0.39 is 0 Å². The average Bonchev–Trinajstić information content (AvgIpc) is 2.05. The Balaban J connectivity index is 2.29. The largest absolute Gasteiger partial charge is 0.389 e. The van der Waals surface area contributed by atoms with Crippen LogP contribution in [0.25, 0.3) is 0 Å². The quantitative estimate of drug-likeness (QED) is 0.729. The van der Waals surface area contributed by atoms with Gasteiger partial charge in [0.05, 0.1) is 0 Å². The van der Waals surface area contributed by atoms with Crippen molar-refractivity contribution in [3.8, 4) is 0 Å². The summed E-state index contributed by atoms with van der Waals surface area (Å²) >= 11 is 0. The fourth-order valence-corrected chi connectivity index (χ4v) is 0.970. The van der Waals surface area contributed by atoms with Crippen LogP contribution < -0.4 is 5.32 Å². The summed E-state index contributed by atoms with van der Waals surface area (Å²) < 4.78 is 0. The van der Waals surface area contributed by atoms with Gasteiger partial charge in [0.1, 0.15) is 0 Å². The average molecular weight is 162 g/mol. The maximum atomic E-state index is 3.95. The standard InChI is InChI=1S/C10H14N2/c1-9(2)12-8-5-10-3-6-11-7-4-10/h3-4,6-7,12H,1,5,8H2,2H3. The van der Waals surface area contributed by atoms with Crippen LogP contribution in [-0.2, 0) is 6.42 Å². The topological polar surface area (TPSA) is 24.9 Å². The highest BCUT2D eigenvalue weighted by Gasteiger charge is 1.90. The van der Waals surface area contributed by atoms with Gasteiger partial charge in [-0.2, -0.15) is 0 Å². The zero-order chi connectivity index (χ0) is 8.81. The van der Waals surface area contributed by atoms with Crippen LogP contribution in [0.4, 0.5) is 0 Å². The highest BCUT2D eigenvalue weighted by Crippen LogP contribution is 1.96. The number of pyridine rings is 1. The molecule has 0 fully saturated rings. The molecule has 0 aliphatic heterocycles. The molecular weight excluding hydrogens is 148 g/mol. The van der Waals surface area contributed by atoms with Crippen LogP contribution in [0.1, 0.15) is 12.5 Å². The van der Waals surface area contributed by atoms with Gasteiger partial charge in [-0.15, -0.1) is 0 Å². The molecule has 0 bridgehead atoms. The second-order valence-corrected chi connectivity index (χ2v) is 2.81. The molecular formula is C10H14N2. The Labute approximate surface area is 73.3 Å². The summed E-state index contributed by atoms with van der Waals surface area (Å²) in [6.07, 6.45) is 4.65. The van der Waals surface area contributed by atoms with Gasteiger partial charge >= 0.3 is 0 Å². The fourth-order valence-electron chi connectivity index (χ4n) is 0.970. The molecule has 0 amide bonds. The van der Waals surface area contributed by atoms with Gasteiger partial charge in [0, 0.05) is 24.6 Å². The summed E-state index contributed by atoms with van der Waals surface area (Å²) in [5.74, 6) is 0. The molecule has 1 heterocycles. The van der Waals surface area contributed by atoms with E-state index in [1.54, 1.807) is 0 Å². The van der Waals surface area contributed by atoms with Gasteiger partial charge in [-0.3, -0.25) is 4.98 Å². The Kier molecular flexibility index (Phi) is 3.33. The molecule has 0 unspecified atom stereocenters. The van der Waals surface area contributed by atoms with E-state index in [0.717, 1.165) is 18.7 Å². The first kappa shape index (κ1) is 8.78. The van der Waals surface area contributed by atoms with Gasteiger partial charge in [-0.05, 0) is 31.0 Å². The molecule has 12 heavy (non-hydrogen) atoms. The number of nitrogens with one attached hydrogen (secondary N) is 1. The van der Waals surface area contributed by atoms with E-state index in [-0.39, 0.29) is 0 Å². The van der Waals surface area contributed by atoms with E-state index >= 15 is 0 Å². The molecule has 0 aliphatic carbocycles. The summed E-state index contributed by atoms with van der Waals surface area (Å²) in [6, 6.07) is 4.06. The van der Waals surface area contributed by atoms with E-state index in [0.29, 0.717) is 0 Å². The third-order valence-corrected chi connectivity index (χ3v) is 1.59. The van der Waals surface area contributed by atoms with Crippen LogP contribution in [0.5, 0.6) is 0 Å². The lowest BCUT2D eigenvalue weighted by atomic mass is 10.2. The zero-order valence-electron chi connectivity index (χ0n) is 7.38. The number of hydrogen-bond donors (Lipinski definition) is 1. The van der Waals surface area contributed by atoms with E-state index in [2.05, 4.69) is 16.9 Å². The molecule has 1 aromatic heterocycles. The van der Waals surface area contributed by atoms with Gasteiger partial charge in [-0.25, -0.2) is 0 Å². The first-order chi connectivity index (χ1) is 5.79. The van der Waals surface area contributed by atoms with Crippen molar-refractivity contribution in [2.45, 2.75) is 13.3 Å². The summed E-state index contributed by atoms with van der Waals surface area (Å²) in [5.41, 5.74) is 2.32. The number of hydrogen-bond acceptors (Lipinski definition) is 2. The molecule has 1 aromatic rings. The predicted molar refractivity (Wildman–Crippen MR) is 50.8 cm³/mol. The fraction of sp³-hybridized carbons (Fsp3) is 0.300. The van der Waals surface area contributed by atoms with Gasteiger partial charge < -0.3 is 5.32 Å². The van der Waals surface area contributed by atoms with Crippen molar-refractivity contribution in [1.82, 2.24) is 10.3 Å². The number of aromatic nitrogens is 1. The van der Waals surface area contributed by atoms with Crippen molar-refractivity contribution in [3.05, 3.63) is 42.4 Å². The minimum atomic E-state index is 0.944. The molecule has 0 saturated heterocycles. The van der Waals surface area contributed by atoms with Crippen LogP contribution in [-0.4, -0.2) is 11.5 Å². The molecule has 0 radical (unpaired) electrons. The van der Waals surface area contributed by atoms with Crippen molar-refractivity contribution >= 4 is 0 Å². The smallest absolute Gasteiger partial charge is 0.0270 e. The Morgan fingerprint density at radius 3 is 2.75 bits per heavy atom. The lowest BCUT2D eigenvalue weighted by Crippen LogP contribution is -2.13. The van der Waals surface area contributed by atoms with E-state index in [9.17, 15) is 0 Å². The van der Waals surface area contributed by atoms with Gasteiger partial charge in [0.2, 0.25) is 0 Å². The maximum absolute atomic E-state index is 3.95. The van der Waals surface area contributed by atoms with Gasteiger partial charge in [0.25, 0.3) is 0 Å². The Hall–Kier alpha value is -1.31. The minimum Gasteiger partial charge on any atom is -0.389 e. The SMILES string of the molecule is C=C(C)NCCc1ccncc1. The lowest BCUT2D eigenvalue weighted by molar-refractivity contribution is 0.790. The van der Waals surface area contributed by atoms with Crippen LogP contribution in [0.3, 0.4) is 0 Å². The van der Waals surface area contributed by atoms with Crippen LogP contribution in [0.2, 0.25) is 0 Å². The van der Waals surface area contributed by atoms with Gasteiger partial charge in [0.15, 0.2) is 0 Å². The zero-order valence-corrected chi connectivity index (χ0v) is 7.38. The molecule has 1 N–H and O–H groups in total. The highest BCUT2D eigenvalue weighted by atomic mass is 14.9. The third-order valence-electron chi connectivity index (χ3n) is 1.59. The summed E-state index contributed by atoms with van der Waals surface area (Å²) in [7, 11) is 0. The van der Waals surface area contributed by atoms with E-state index in [1.807, 2.05) is 31.5 Å². The molecule has 0 atom stereocenters. The normalized spacial score (nSPS) is 9.42. The summed E-state index contributed by atoms with van der Waals surface area (Å²) in [6.45, 7) is 6.67. The van der Waals surface area contributed by atoms with Gasteiger partial charge in [-0.1, -0.05) is 6.58 Å². The predicted octanol–water partition coefficient (Wildman–Crippen LogP) is 1.75. The van der Waals surface area contributed by atoms with Crippen molar-refractivity contribution in [2.75, 3.05) is 6.54 Å². The highest BCUT2D eigenvalue weighted by molar-refractivity contribution is 5.10. The summed E-state index contributed by atoms with van der Waals surface area (Å²) in [5, 5.41) is 3.18. The number of allylic oxidation sites excluding steroid dienone is 1. The second kappa shape index (κ2) is 4.54. The van der Waals surface area contributed by atoms with Crippen LogP contribution >= 0.6 is 0 Å². The first-order valence-electron chi connectivity index (χ1n) is 4.07. The van der Waals surface area contributed by atoms with Crippen LogP contribution in [0.15, 0.2) is 36.8 Å². The molecule has 0 aliphatic rings. The Bertz CT molecular complexity index is 241. The lowest BCUT2D eigenvalue weighted by Gasteiger charge is -2.03. The van der Waals surface area contributed by atoms with Crippen molar-refractivity contribution < 1.29 is 0 Å². The van der Waals surface area contributed by atoms with Crippen LogP contribution in [0, 0.1) is 0 Å². The molecule has 64 valence electrons. The monoisotopic (exact) mass is 162 g/mol. The number of nitrogens with zero attached hydrogens (tertiary/aromatic N) is 1. The molecule has 2 nitrogen and oxygen atoms in total. The van der Waals surface area contributed by atoms with Crippen molar-refractivity contribution in [2.24, 2.45) is 0 Å². The molecule has 1 rings (SSSR count). The van der Waals surface area contributed by atoms with E-state index in [4.69, 9.17) is 0 Å². The first-order valence-corrected chi connectivity index (χ1v) is 4.07. The van der Waals surface area contributed by atoms with Crippen molar-refractivity contribution in [1.29, 1.82) is 0 Å². The maximum Gasteiger partial charge on any atom is 0.0270 e. The minimum absolute atomic E-state index is 0.944. The number of rotatable bonds is 4. The van der Waals surface area contributed by atoms with Crippen molar-refractivity contribution in [3.63, 3.8) is 0 Å². The summed E-state index contributed by atoms with van der Waals surface area (Å²) in [4.78, 5) is 3.95. The second-order valence-electron chi connectivity index (χ2n) is 2.81. The Morgan fingerprint density at radius 2 is 2.17 bits per heavy atom. The van der Waals surface area contributed by atoms with E-state index in [1.165, 1.54) is 5.56 Å².